The summed E-state index contributed by atoms with van der Waals surface area (Å²) in [7, 11) is -3.12. The number of nitrogens with zero attached hydrogens (tertiary/aromatic N) is 3. The zero-order chi connectivity index (χ0) is 20.2. The van der Waals surface area contributed by atoms with Crippen LogP contribution in [0.5, 0.6) is 0 Å². The van der Waals surface area contributed by atoms with Gasteiger partial charge in [0.25, 0.3) is 5.56 Å². The number of sulfonamides is 1. The highest BCUT2D eigenvalue weighted by Gasteiger charge is 2.42. The van der Waals surface area contributed by atoms with Crippen LogP contribution in [0.2, 0.25) is 0 Å². The maximum atomic E-state index is 12.2. The minimum absolute atomic E-state index is 0.150. The van der Waals surface area contributed by atoms with E-state index >= 15 is 0 Å². The molecule has 0 radical (unpaired) electrons. The first kappa shape index (κ1) is 19.7. The molecule has 6 rings (SSSR count). The molecule has 6 atom stereocenters. The first-order valence-corrected chi connectivity index (χ1v) is 12.9. The average molecular weight is 421 g/mol. The van der Waals surface area contributed by atoms with E-state index in [1.54, 1.807) is 6.07 Å². The molecule has 5 aliphatic heterocycles. The zero-order valence-electron chi connectivity index (χ0n) is 17.2. The molecule has 160 valence electrons. The van der Waals surface area contributed by atoms with Crippen molar-refractivity contribution in [3.05, 3.63) is 34.2 Å². The Morgan fingerprint density at radius 1 is 1.14 bits per heavy atom. The molecular weight excluding hydrogens is 388 g/mol. The molecule has 6 heterocycles. The predicted octanol–water partition coefficient (Wildman–Crippen LogP) is 0.527. The van der Waals surface area contributed by atoms with Crippen molar-refractivity contribution in [1.29, 1.82) is 0 Å². The van der Waals surface area contributed by atoms with Gasteiger partial charge in [0.1, 0.15) is 0 Å². The lowest BCUT2D eigenvalue weighted by atomic mass is 9.74. The molecule has 0 saturated carbocycles. The molecule has 0 aliphatic carbocycles. The maximum Gasteiger partial charge on any atom is 0.250 e. The third kappa shape index (κ3) is 4.04. The van der Waals surface area contributed by atoms with Crippen LogP contribution in [0.4, 0.5) is 0 Å². The van der Waals surface area contributed by atoms with E-state index in [2.05, 4.69) is 20.6 Å². The number of rotatable bonds is 5. The van der Waals surface area contributed by atoms with E-state index in [-0.39, 0.29) is 5.56 Å². The van der Waals surface area contributed by atoms with Crippen LogP contribution in [0.3, 0.4) is 0 Å². The van der Waals surface area contributed by atoms with E-state index < -0.39 is 10.0 Å². The van der Waals surface area contributed by atoms with Crippen molar-refractivity contribution in [3.8, 4) is 0 Å². The highest BCUT2D eigenvalue weighted by Crippen LogP contribution is 2.39. The summed E-state index contributed by atoms with van der Waals surface area (Å²) < 4.78 is 27.6. The Bertz CT molecular complexity index is 930. The standard InChI is InChI=1S/C21H32N4O3S/c1-29(27,28)22-9-19-8-16-5-6-24(19)14-18(16)13-23-10-15-7-17(12-23)20-3-2-4-21(26)25(20)11-15/h2-4,15-19,22H,5-14H2,1H3. The van der Waals surface area contributed by atoms with Crippen LogP contribution in [0, 0.1) is 17.8 Å². The maximum absolute atomic E-state index is 12.2. The Labute approximate surface area is 173 Å². The Balaban J connectivity index is 1.22. The van der Waals surface area contributed by atoms with E-state index in [1.807, 2.05) is 10.6 Å². The molecule has 1 N–H and O–H groups in total. The van der Waals surface area contributed by atoms with Gasteiger partial charge in [-0.15, -0.1) is 0 Å². The fourth-order valence-electron chi connectivity index (χ4n) is 6.39. The van der Waals surface area contributed by atoms with Gasteiger partial charge in [0, 0.05) is 63.0 Å². The van der Waals surface area contributed by atoms with Gasteiger partial charge in [0.2, 0.25) is 10.0 Å². The highest BCUT2D eigenvalue weighted by molar-refractivity contribution is 7.88. The molecule has 1 aromatic rings. The number of aromatic nitrogens is 1. The minimum Gasteiger partial charge on any atom is -0.312 e. The lowest BCUT2D eigenvalue weighted by Crippen LogP contribution is -2.59. The number of likely N-dealkylation sites (tertiary alicyclic amines) is 1. The summed E-state index contributed by atoms with van der Waals surface area (Å²) in [5.74, 6) is 2.43. The number of fused-ring (bicyclic) bond motifs is 7. The van der Waals surface area contributed by atoms with Crippen LogP contribution >= 0.6 is 0 Å². The number of hydrogen-bond donors (Lipinski definition) is 1. The van der Waals surface area contributed by atoms with Crippen LogP contribution in [0.25, 0.3) is 0 Å². The van der Waals surface area contributed by atoms with Gasteiger partial charge in [-0.3, -0.25) is 9.69 Å². The molecule has 4 bridgehead atoms. The fraction of sp³-hybridized carbons (Fsp3) is 0.762. The summed E-state index contributed by atoms with van der Waals surface area (Å²) in [6, 6.07) is 6.08. The van der Waals surface area contributed by atoms with Crippen molar-refractivity contribution in [2.75, 3.05) is 45.5 Å². The third-order valence-corrected chi connectivity index (χ3v) is 8.33. The second kappa shape index (κ2) is 7.48. The lowest BCUT2D eigenvalue weighted by molar-refractivity contribution is -0.0187. The highest BCUT2D eigenvalue weighted by atomic mass is 32.2. The molecule has 6 unspecified atom stereocenters. The first-order valence-electron chi connectivity index (χ1n) is 11.0. The molecule has 5 aliphatic rings. The van der Waals surface area contributed by atoms with Gasteiger partial charge >= 0.3 is 0 Å². The molecule has 29 heavy (non-hydrogen) atoms. The summed E-state index contributed by atoms with van der Waals surface area (Å²) in [6.07, 6.45) is 4.79. The topological polar surface area (TPSA) is 74.7 Å². The van der Waals surface area contributed by atoms with Crippen molar-refractivity contribution in [1.82, 2.24) is 19.1 Å². The van der Waals surface area contributed by atoms with E-state index in [0.717, 1.165) is 45.7 Å². The van der Waals surface area contributed by atoms with Gasteiger partial charge in [-0.05, 0) is 49.6 Å². The summed E-state index contributed by atoms with van der Waals surface area (Å²) in [6.45, 7) is 6.88. The quantitative estimate of drug-likeness (QED) is 0.752. The molecule has 1 aromatic heterocycles. The fourth-order valence-corrected chi connectivity index (χ4v) is 6.89. The largest absolute Gasteiger partial charge is 0.312 e. The van der Waals surface area contributed by atoms with Gasteiger partial charge in [-0.2, -0.15) is 0 Å². The van der Waals surface area contributed by atoms with E-state index in [0.29, 0.717) is 36.3 Å². The molecule has 7 nitrogen and oxygen atoms in total. The predicted molar refractivity (Wildman–Crippen MR) is 112 cm³/mol. The van der Waals surface area contributed by atoms with E-state index in [9.17, 15) is 13.2 Å². The van der Waals surface area contributed by atoms with Gasteiger partial charge in [0.05, 0.1) is 6.26 Å². The molecule has 0 amide bonds. The van der Waals surface area contributed by atoms with E-state index in [1.165, 1.54) is 24.8 Å². The van der Waals surface area contributed by atoms with E-state index in [4.69, 9.17) is 0 Å². The Hall–Kier alpha value is -1.22. The first-order chi connectivity index (χ1) is 13.9. The summed E-state index contributed by atoms with van der Waals surface area (Å²) in [4.78, 5) is 17.4. The summed E-state index contributed by atoms with van der Waals surface area (Å²) >= 11 is 0. The van der Waals surface area contributed by atoms with Gasteiger partial charge in [0.15, 0.2) is 0 Å². The van der Waals surface area contributed by atoms with Crippen molar-refractivity contribution < 1.29 is 8.42 Å². The number of hydrogen-bond acceptors (Lipinski definition) is 5. The number of nitrogens with one attached hydrogen (secondary N) is 1. The second-order valence-corrected chi connectivity index (χ2v) is 11.6. The van der Waals surface area contributed by atoms with Gasteiger partial charge in [-0.1, -0.05) is 6.07 Å². The molecule has 4 fully saturated rings. The van der Waals surface area contributed by atoms with Crippen LogP contribution in [-0.4, -0.2) is 74.4 Å². The van der Waals surface area contributed by atoms with Crippen molar-refractivity contribution in [2.45, 2.75) is 37.8 Å². The minimum atomic E-state index is -3.12. The molecule has 4 saturated heterocycles. The number of pyridine rings is 1. The summed E-state index contributed by atoms with van der Waals surface area (Å²) in [5.41, 5.74) is 1.37. The van der Waals surface area contributed by atoms with Crippen LogP contribution in [0.15, 0.2) is 23.0 Å². The molecule has 8 heteroatoms. The SMILES string of the molecule is CS(=O)(=O)NCC1CC2CCN1CC2CN1CC2CC(C1)c1cccc(=O)n1C2. The van der Waals surface area contributed by atoms with Crippen LogP contribution in [-0.2, 0) is 16.6 Å². The average Bonchev–Trinajstić information content (AvgIpc) is 2.67. The van der Waals surface area contributed by atoms with Crippen LogP contribution in [0.1, 0.15) is 30.9 Å². The third-order valence-electron chi connectivity index (χ3n) is 7.64. The Morgan fingerprint density at radius 3 is 2.76 bits per heavy atom. The normalized spacial score (nSPS) is 36.7. The molecule has 0 aromatic carbocycles. The van der Waals surface area contributed by atoms with Crippen molar-refractivity contribution in [3.63, 3.8) is 0 Å². The Morgan fingerprint density at radius 2 is 2.00 bits per heavy atom. The monoisotopic (exact) mass is 420 g/mol. The van der Waals surface area contributed by atoms with Crippen molar-refractivity contribution >= 4 is 10.0 Å². The molecule has 0 spiro atoms. The number of piperidine rings is 4. The lowest BCUT2D eigenvalue weighted by Gasteiger charge is -2.52. The summed E-state index contributed by atoms with van der Waals surface area (Å²) in [5, 5.41) is 0. The smallest absolute Gasteiger partial charge is 0.250 e. The molecular formula is C21H32N4O3S. The van der Waals surface area contributed by atoms with Crippen LogP contribution < -0.4 is 10.3 Å². The van der Waals surface area contributed by atoms with Gasteiger partial charge < -0.3 is 9.47 Å². The van der Waals surface area contributed by atoms with Crippen molar-refractivity contribution in [2.24, 2.45) is 17.8 Å². The Kier molecular flexibility index (Phi) is 5.09. The van der Waals surface area contributed by atoms with Gasteiger partial charge in [-0.25, -0.2) is 13.1 Å². The zero-order valence-corrected chi connectivity index (χ0v) is 18.0. The second-order valence-electron chi connectivity index (χ2n) is 9.73.